The molecule has 1 aromatic heterocycles. The molecule has 1 heterocycles. The van der Waals surface area contributed by atoms with Gasteiger partial charge in [0.25, 0.3) is 0 Å². The first-order valence-electron chi connectivity index (χ1n) is 8.33. The Morgan fingerprint density at radius 1 is 0.480 bits per heavy atom. The summed E-state index contributed by atoms with van der Waals surface area (Å²) in [5.74, 6) is 0.900. The molecule has 0 bridgehead atoms. The molecule has 0 aliphatic rings. The minimum Gasteiger partial charge on any atom is -0.295 e. The highest BCUT2D eigenvalue weighted by molar-refractivity contribution is 5.75. The van der Waals surface area contributed by atoms with Crippen molar-refractivity contribution in [3.8, 4) is 11.1 Å². The Bertz CT molecular complexity index is 878. The van der Waals surface area contributed by atoms with Gasteiger partial charge in [-0.05, 0) is 42.0 Å². The predicted octanol–water partition coefficient (Wildman–Crippen LogP) is 6.22. The van der Waals surface area contributed by atoms with Gasteiger partial charge in [-0.2, -0.15) is 0 Å². The summed E-state index contributed by atoms with van der Waals surface area (Å²) in [7, 11) is 0. The molecule has 0 atom stereocenters. The fourth-order valence-corrected chi connectivity index (χ4v) is 2.89. The Kier molecular flexibility index (Phi) is 4.25. The van der Waals surface area contributed by atoms with Gasteiger partial charge < -0.3 is 0 Å². The Morgan fingerprint density at radius 2 is 1.00 bits per heavy atom. The van der Waals surface area contributed by atoms with Gasteiger partial charge in [0.05, 0.1) is 0 Å². The van der Waals surface area contributed by atoms with Gasteiger partial charge in [0.1, 0.15) is 5.82 Å². The molecular weight excluding hydrogens is 304 g/mol. The lowest BCUT2D eigenvalue weighted by Crippen LogP contribution is -2.11. The number of rotatable bonds is 4. The Morgan fingerprint density at radius 3 is 1.48 bits per heavy atom. The van der Waals surface area contributed by atoms with Gasteiger partial charge in [-0.25, -0.2) is 4.98 Å². The number of hydrogen-bond donors (Lipinski definition) is 0. The number of nitrogens with zero attached hydrogens (tertiary/aromatic N) is 2. The molecule has 0 aliphatic carbocycles. The van der Waals surface area contributed by atoms with E-state index in [2.05, 4.69) is 53.4 Å². The molecule has 25 heavy (non-hydrogen) atoms. The molecule has 2 heteroatoms. The SMILES string of the molecule is c1ccc(-c2ccc(N(c3ccccc3)c3ccccc3)nc2)cc1. The highest BCUT2D eigenvalue weighted by Gasteiger charge is 2.12. The standard InChI is InChI=1S/C23H18N2/c1-4-10-19(11-5-1)20-16-17-23(24-18-20)25(21-12-6-2-7-13-21)22-14-8-3-9-15-22/h1-18H. The molecule has 0 radical (unpaired) electrons. The van der Waals surface area contributed by atoms with Crippen molar-refractivity contribution in [3.63, 3.8) is 0 Å². The van der Waals surface area contributed by atoms with Crippen molar-refractivity contribution < 1.29 is 0 Å². The maximum absolute atomic E-state index is 4.73. The first-order valence-corrected chi connectivity index (χ1v) is 8.33. The summed E-state index contributed by atoms with van der Waals surface area (Å²) in [4.78, 5) is 6.90. The van der Waals surface area contributed by atoms with Crippen LogP contribution in [0.5, 0.6) is 0 Å². The second-order valence-corrected chi connectivity index (χ2v) is 5.78. The number of anilines is 3. The van der Waals surface area contributed by atoms with Crippen LogP contribution in [0.3, 0.4) is 0 Å². The minimum atomic E-state index is 0.900. The smallest absolute Gasteiger partial charge is 0.137 e. The van der Waals surface area contributed by atoms with Crippen molar-refractivity contribution >= 4 is 17.2 Å². The molecule has 0 unspecified atom stereocenters. The topological polar surface area (TPSA) is 16.1 Å². The van der Waals surface area contributed by atoms with Crippen LogP contribution in [0, 0.1) is 0 Å². The van der Waals surface area contributed by atoms with Gasteiger partial charge in [-0.3, -0.25) is 4.90 Å². The van der Waals surface area contributed by atoms with Crippen molar-refractivity contribution in [2.45, 2.75) is 0 Å². The van der Waals surface area contributed by atoms with E-state index in [9.17, 15) is 0 Å². The normalized spacial score (nSPS) is 10.4. The molecule has 0 fully saturated rings. The third-order valence-corrected chi connectivity index (χ3v) is 4.11. The lowest BCUT2D eigenvalue weighted by Gasteiger charge is -2.24. The molecule has 2 nitrogen and oxygen atoms in total. The van der Waals surface area contributed by atoms with E-state index in [1.165, 1.54) is 5.56 Å². The number of para-hydroxylation sites is 2. The zero-order valence-electron chi connectivity index (χ0n) is 13.8. The van der Waals surface area contributed by atoms with E-state index in [0.717, 1.165) is 22.8 Å². The van der Waals surface area contributed by atoms with E-state index < -0.39 is 0 Å². The van der Waals surface area contributed by atoms with Crippen LogP contribution >= 0.6 is 0 Å². The summed E-state index contributed by atoms with van der Waals surface area (Å²) in [6.45, 7) is 0. The Hall–Kier alpha value is -3.39. The van der Waals surface area contributed by atoms with Gasteiger partial charge in [0, 0.05) is 23.1 Å². The molecule has 0 spiro atoms. The van der Waals surface area contributed by atoms with Crippen LogP contribution in [0.1, 0.15) is 0 Å². The van der Waals surface area contributed by atoms with Gasteiger partial charge in [0.15, 0.2) is 0 Å². The van der Waals surface area contributed by atoms with Crippen LogP contribution in [0.25, 0.3) is 11.1 Å². The molecule has 4 rings (SSSR count). The number of benzene rings is 3. The monoisotopic (exact) mass is 322 g/mol. The van der Waals surface area contributed by atoms with Crippen LogP contribution in [-0.2, 0) is 0 Å². The zero-order chi connectivity index (χ0) is 16.9. The Labute approximate surface area is 148 Å². The van der Waals surface area contributed by atoms with E-state index in [1.807, 2.05) is 60.8 Å². The second kappa shape index (κ2) is 7.02. The van der Waals surface area contributed by atoms with Crippen LogP contribution in [-0.4, -0.2) is 4.98 Å². The van der Waals surface area contributed by atoms with Crippen LogP contribution < -0.4 is 4.90 Å². The molecule has 0 saturated heterocycles. The molecule has 3 aromatic carbocycles. The number of pyridine rings is 1. The van der Waals surface area contributed by atoms with E-state index in [0.29, 0.717) is 0 Å². The quantitative estimate of drug-likeness (QED) is 0.443. The highest BCUT2D eigenvalue weighted by Crippen LogP contribution is 2.33. The second-order valence-electron chi connectivity index (χ2n) is 5.78. The minimum absolute atomic E-state index is 0.900. The first-order chi connectivity index (χ1) is 12.4. The molecule has 120 valence electrons. The number of aromatic nitrogens is 1. The maximum atomic E-state index is 4.73. The van der Waals surface area contributed by atoms with Gasteiger partial charge in [0.2, 0.25) is 0 Å². The summed E-state index contributed by atoms with van der Waals surface area (Å²) in [5, 5.41) is 0. The van der Waals surface area contributed by atoms with E-state index in [1.54, 1.807) is 0 Å². The predicted molar refractivity (Wildman–Crippen MR) is 104 cm³/mol. The summed E-state index contributed by atoms with van der Waals surface area (Å²) in [5.41, 5.74) is 4.47. The van der Waals surface area contributed by atoms with E-state index in [-0.39, 0.29) is 0 Å². The van der Waals surface area contributed by atoms with Crippen LogP contribution in [0.4, 0.5) is 17.2 Å². The largest absolute Gasteiger partial charge is 0.295 e. The zero-order valence-corrected chi connectivity index (χ0v) is 13.8. The third kappa shape index (κ3) is 3.29. The fourth-order valence-electron chi connectivity index (χ4n) is 2.89. The average Bonchev–Trinajstić information content (AvgIpc) is 2.71. The van der Waals surface area contributed by atoms with Crippen LogP contribution in [0.2, 0.25) is 0 Å². The molecule has 0 amide bonds. The molecular formula is C23H18N2. The Balaban J connectivity index is 1.75. The van der Waals surface area contributed by atoms with E-state index >= 15 is 0 Å². The molecule has 0 aliphatic heterocycles. The first kappa shape index (κ1) is 15.2. The molecule has 0 N–H and O–H groups in total. The summed E-state index contributed by atoms with van der Waals surface area (Å²) in [6.07, 6.45) is 1.93. The van der Waals surface area contributed by atoms with E-state index in [4.69, 9.17) is 4.98 Å². The van der Waals surface area contributed by atoms with Crippen molar-refractivity contribution in [3.05, 3.63) is 109 Å². The lowest BCUT2D eigenvalue weighted by atomic mass is 10.1. The van der Waals surface area contributed by atoms with Crippen LogP contribution in [0.15, 0.2) is 109 Å². The van der Waals surface area contributed by atoms with Gasteiger partial charge in [-0.1, -0.05) is 66.7 Å². The fraction of sp³-hybridized carbons (Fsp3) is 0. The van der Waals surface area contributed by atoms with Crippen molar-refractivity contribution in [1.82, 2.24) is 4.98 Å². The average molecular weight is 322 g/mol. The molecule has 4 aromatic rings. The van der Waals surface area contributed by atoms with Crippen molar-refractivity contribution in [1.29, 1.82) is 0 Å². The highest BCUT2D eigenvalue weighted by atomic mass is 15.2. The van der Waals surface area contributed by atoms with Crippen molar-refractivity contribution in [2.24, 2.45) is 0 Å². The molecule has 0 saturated carbocycles. The summed E-state index contributed by atoms with van der Waals surface area (Å²) >= 11 is 0. The maximum Gasteiger partial charge on any atom is 0.137 e. The third-order valence-electron chi connectivity index (χ3n) is 4.11. The lowest BCUT2D eigenvalue weighted by molar-refractivity contribution is 1.18. The van der Waals surface area contributed by atoms with Crippen molar-refractivity contribution in [2.75, 3.05) is 4.90 Å². The summed E-state index contributed by atoms with van der Waals surface area (Å²) < 4.78 is 0. The van der Waals surface area contributed by atoms with Gasteiger partial charge >= 0.3 is 0 Å². The summed E-state index contributed by atoms with van der Waals surface area (Å²) in [6, 6.07) is 35.1. The van der Waals surface area contributed by atoms with Gasteiger partial charge in [-0.15, -0.1) is 0 Å². The number of hydrogen-bond acceptors (Lipinski definition) is 2.